The average Bonchev–Trinajstić information content (AvgIpc) is 2.90. The number of rotatable bonds is 4. The number of ether oxygens (including phenoxy) is 1. The predicted molar refractivity (Wildman–Crippen MR) is 91.1 cm³/mol. The molecule has 2 aromatic heterocycles. The molecule has 0 aliphatic carbocycles. The summed E-state index contributed by atoms with van der Waals surface area (Å²) in [7, 11) is 0. The third-order valence-corrected chi connectivity index (χ3v) is 3.51. The lowest BCUT2D eigenvalue weighted by Gasteiger charge is -2.10. The molecule has 0 bridgehead atoms. The Morgan fingerprint density at radius 1 is 1.14 bits per heavy atom. The summed E-state index contributed by atoms with van der Waals surface area (Å²) in [6.07, 6.45) is 4.09. The van der Waals surface area contributed by atoms with E-state index in [2.05, 4.69) is 40.2 Å². The summed E-state index contributed by atoms with van der Waals surface area (Å²) >= 11 is 0. The molecule has 0 fully saturated rings. The van der Waals surface area contributed by atoms with Crippen LogP contribution in [0.25, 0.3) is 22.3 Å². The molecule has 0 aliphatic heterocycles. The van der Waals surface area contributed by atoms with Crippen molar-refractivity contribution in [3.63, 3.8) is 0 Å². The van der Waals surface area contributed by atoms with Crippen molar-refractivity contribution in [1.82, 2.24) is 9.38 Å². The highest BCUT2D eigenvalue weighted by Gasteiger charge is 2.06. The van der Waals surface area contributed by atoms with Gasteiger partial charge in [0.15, 0.2) is 0 Å². The summed E-state index contributed by atoms with van der Waals surface area (Å²) in [5, 5.41) is 0. The van der Waals surface area contributed by atoms with E-state index in [1.54, 1.807) is 0 Å². The van der Waals surface area contributed by atoms with Gasteiger partial charge in [-0.3, -0.25) is 0 Å². The summed E-state index contributed by atoms with van der Waals surface area (Å²) in [4.78, 5) is 4.46. The molecule has 0 radical (unpaired) electrons. The van der Waals surface area contributed by atoms with Crippen LogP contribution in [0.1, 0.15) is 26.5 Å². The Morgan fingerprint density at radius 3 is 2.50 bits per heavy atom. The van der Waals surface area contributed by atoms with Crippen LogP contribution in [0.4, 0.5) is 0 Å². The van der Waals surface area contributed by atoms with E-state index in [1.165, 1.54) is 0 Å². The number of hydrogen-bond donors (Lipinski definition) is 0. The van der Waals surface area contributed by atoms with E-state index < -0.39 is 0 Å². The normalized spacial score (nSPS) is 11.1. The summed E-state index contributed by atoms with van der Waals surface area (Å²) in [5.41, 5.74) is 5.27. The molecule has 0 spiro atoms. The monoisotopic (exact) mass is 292 g/mol. The van der Waals surface area contributed by atoms with E-state index in [-0.39, 0.29) is 6.10 Å². The zero-order chi connectivity index (χ0) is 15.7. The first-order valence-electron chi connectivity index (χ1n) is 7.44. The van der Waals surface area contributed by atoms with Crippen molar-refractivity contribution >= 4 is 11.2 Å². The molecule has 22 heavy (non-hydrogen) atoms. The standard InChI is InChI=1S/C19H20N2O/c1-13(2)18-12-20-19-11-16(9-10-21(18)19)15-5-7-17(8-6-15)22-14(3)4/h5-12,14H,1H2,2-4H3. The molecule has 1 aromatic carbocycles. The molecule has 0 atom stereocenters. The minimum Gasteiger partial charge on any atom is -0.491 e. The minimum atomic E-state index is 0.188. The summed E-state index contributed by atoms with van der Waals surface area (Å²) < 4.78 is 7.74. The maximum absolute atomic E-state index is 5.68. The Hall–Kier alpha value is -2.55. The zero-order valence-electron chi connectivity index (χ0n) is 13.2. The lowest BCUT2D eigenvalue weighted by molar-refractivity contribution is 0.242. The topological polar surface area (TPSA) is 26.5 Å². The highest BCUT2D eigenvalue weighted by Crippen LogP contribution is 2.25. The molecule has 3 aromatic rings. The molecular formula is C19H20N2O. The molecule has 0 N–H and O–H groups in total. The summed E-state index contributed by atoms with van der Waals surface area (Å²) in [6, 6.07) is 12.3. The number of nitrogens with zero attached hydrogens (tertiary/aromatic N) is 2. The SMILES string of the molecule is C=C(C)c1cnc2cc(-c3ccc(OC(C)C)cc3)ccn12. The van der Waals surface area contributed by atoms with Gasteiger partial charge in [-0.25, -0.2) is 4.98 Å². The van der Waals surface area contributed by atoms with Crippen LogP contribution in [0, 0.1) is 0 Å². The number of aromatic nitrogens is 2. The zero-order valence-corrected chi connectivity index (χ0v) is 13.2. The van der Waals surface area contributed by atoms with Gasteiger partial charge >= 0.3 is 0 Å². The maximum Gasteiger partial charge on any atom is 0.137 e. The fourth-order valence-electron chi connectivity index (χ4n) is 2.47. The minimum absolute atomic E-state index is 0.188. The van der Waals surface area contributed by atoms with E-state index >= 15 is 0 Å². The number of benzene rings is 1. The van der Waals surface area contributed by atoms with Crippen LogP contribution < -0.4 is 4.74 Å². The Kier molecular flexibility index (Phi) is 3.72. The summed E-state index contributed by atoms with van der Waals surface area (Å²) in [5.74, 6) is 0.894. The molecule has 0 amide bonds. The third kappa shape index (κ3) is 2.75. The first kappa shape index (κ1) is 14.4. The van der Waals surface area contributed by atoms with Gasteiger partial charge in [0, 0.05) is 6.20 Å². The van der Waals surface area contributed by atoms with Crippen LogP contribution in [0.2, 0.25) is 0 Å². The first-order chi connectivity index (χ1) is 10.5. The first-order valence-corrected chi connectivity index (χ1v) is 7.44. The second-order valence-corrected chi connectivity index (χ2v) is 5.76. The molecule has 0 saturated carbocycles. The van der Waals surface area contributed by atoms with E-state index in [9.17, 15) is 0 Å². The van der Waals surface area contributed by atoms with E-state index in [0.717, 1.165) is 33.8 Å². The highest BCUT2D eigenvalue weighted by atomic mass is 16.5. The Labute approximate surface area is 130 Å². The van der Waals surface area contributed by atoms with Crippen LogP contribution in [0.15, 0.2) is 55.4 Å². The third-order valence-electron chi connectivity index (χ3n) is 3.51. The number of hydrogen-bond acceptors (Lipinski definition) is 2. The molecule has 112 valence electrons. The quantitative estimate of drug-likeness (QED) is 0.689. The molecule has 3 rings (SSSR count). The molecule has 3 heteroatoms. The lowest BCUT2D eigenvalue weighted by Crippen LogP contribution is -2.05. The van der Waals surface area contributed by atoms with Gasteiger partial charge in [-0.05, 0) is 61.7 Å². The second-order valence-electron chi connectivity index (χ2n) is 5.76. The van der Waals surface area contributed by atoms with E-state index in [4.69, 9.17) is 4.74 Å². The van der Waals surface area contributed by atoms with E-state index in [1.807, 2.05) is 45.3 Å². The Balaban J connectivity index is 1.95. The Morgan fingerprint density at radius 2 is 1.86 bits per heavy atom. The molecule has 0 aliphatic rings. The van der Waals surface area contributed by atoms with Crippen LogP contribution in [-0.2, 0) is 0 Å². The molecule has 0 unspecified atom stereocenters. The number of imidazole rings is 1. The van der Waals surface area contributed by atoms with Gasteiger partial charge < -0.3 is 9.14 Å². The van der Waals surface area contributed by atoms with Gasteiger partial charge in [0.1, 0.15) is 11.4 Å². The predicted octanol–water partition coefficient (Wildman–Crippen LogP) is 4.82. The molecular weight excluding hydrogens is 272 g/mol. The molecule has 0 saturated heterocycles. The van der Waals surface area contributed by atoms with Crippen molar-refractivity contribution in [2.24, 2.45) is 0 Å². The van der Waals surface area contributed by atoms with Crippen LogP contribution in [0.5, 0.6) is 5.75 Å². The Bertz CT molecular complexity index is 813. The van der Waals surface area contributed by atoms with E-state index in [0.29, 0.717) is 0 Å². The highest BCUT2D eigenvalue weighted by molar-refractivity contribution is 5.70. The van der Waals surface area contributed by atoms with Crippen LogP contribution in [0.3, 0.4) is 0 Å². The van der Waals surface area contributed by atoms with Gasteiger partial charge in [-0.15, -0.1) is 0 Å². The lowest BCUT2D eigenvalue weighted by atomic mass is 10.1. The van der Waals surface area contributed by atoms with Crippen molar-refractivity contribution < 1.29 is 4.74 Å². The average molecular weight is 292 g/mol. The van der Waals surface area contributed by atoms with Crippen molar-refractivity contribution in [1.29, 1.82) is 0 Å². The summed E-state index contributed by atoms with van der Waals surface area (Å²) in [6.45, 7) is 10.0. The smallest absolute Gasteiger partial charge is 0.137 e. The number of pyridine rings is 1. The fraction of sp³-hybridized carbons (Fsp3) is 0.211. The molecule has 3 nitrogen and oxygen atoms in total. The van der Waals surface area contributed by atoms with Crippen molar-refractivity contribution in [3.8, 4) is 16.9 Å². The maximum atomic E-state index is 5.68. The van der Waals surface area contributed by atoms with Crippen molar-refractivity contribution in [2.75, 3.05) is 0 Å². The van der Waals surface area contributed by atoms with Gasteiger partial charge in [-0.1, -0.05) is 18.7 Å². The van der Waals surface area contributed by atoms with Gasteiger partial charge in [0.05, 0.1) is 18.0 Å². The number of fused-ring (bicyclic) bond motifs is 1. The van der Waals surface area contributed by atoms with Gasteiger partial charge in [0.25, 0.3) is 0 Å². The number of allylic oxidation sites excluding steroid dienone is 1. The van der Waals surface area contributed by atoms with Crippen molar-refractivity contribution in [2.45, 2.75) is 26.9 Å². The second kappa shape index (κ2) is 5.68. The van der Waals surface area contributed by atoms with Gasteiger partial charge in [-0.2, -0.15) is 0 Å². The van der Waals surface area contributed by atoms with Crippen LogP contribution >= 0.6 is 0 Å². The van der Waals surface area contributed by atoms with Crippen molar-refractivity contribution in [3.05, 3.63) is 61.1 Å². The molecule has 2 heterocycles. The van der Waals surface area contributed by atoms with Gasteiger partial charge in [0.2, 0.25) is 0 Å². The van der Waals surface area contributed by atoms with Crippen LogP contribution in [-0.4, -0.2) is 15.5 Å². The largest absolute Gasteiger partial charge is 0.491 e. The fourth-order valence-corrected chi connectivity index (χ4v) is 2.47.